The zero-order valence-electron chi connectivity index (χ0n) is 8.96. The first kappa shape index (κ1) is 13.4. The van der Waals surface area contributed by atoms with Crippen molar-refractivity contribution in [2.75, 3.05) is 13.6 Å². The van der Waals surface area contributed by atoms with Crippen LogP contribution in [0.5, 0.6) is 0 Å². The summed E-state index contributed by atoms with van der Waals surface area (Å²) in [4.78, 5) is 3.77. The molecule has 0 bridgehead atoms. The third-order valence-electron chi connectivity index (χ3n) is 1.93. The first-order chi connectivity index (χ1) is 7.34. The minimum atomic E-state index is -3.61. The molecular formula is C9H13ClN2O3S. The van der Waals surface area contributed by atoms with E-state index in [1.165, 1.54) is 32.3 Å². The second-order valence-corrected chi connectivity index (χ2v) is 5.88. The van der Waals surface area contributed by atoms with Gasteiger partial charge >= 0.3 is 0 Å². The van der Waals surface area contributed by atoms with Crippen molar-refractivity contribution in [1.82, 2.24) is 9.29 Å². The van der Waals surface area contributed by atoms with E-state index in [0.29, 0.717) is 0 Å². The molecule has 1 aromatic heterocycles. The van der Waals surface area contributed by atoms with Gasteiger partial charge in [0.05, 0.1) is 11.0 Å². The Morgan fingerprint density at radius 1 is 1.62 bits per heavy atom. The standard InChI is InChI=1S/C9H13ClN2O3S/c1-7(13)6-12(2)16(14,15)8-3-4-11-9(10)5-8/h3-5,7,13H,6H2,1-2H3. The summed E-state index contributed by atoms with van der Waals surface area (Å²) >= 11 is 5.62. The van der Waals surface area contributed by atoms with Gasteiger partial charge in [-0.2, -0.15) is 4.31 Å². The average Bonchev–Trinajstić information content (AvgIpc) is 2.16. The molecule has 0 saturated heterocycles. The Labute approximate surface area is 99.7 Å². The summed E-state index contributed by atoms with van der Waals surface area (Å²) in [7, 11) is -2.21. The first-order valence-electron chi connectivity index (χ1n) is 4.60. The largest absolute Gasteiger partial charge is 0.392 e. The predicted molar refractivity (Wildman–Crippen MR) is 60.7 cm³/mol. The third kappa shape index (κ3) is 3.15. The Morgan fingerprint density at radius 3 is 2.75 bits per heavy atom. The van der Waals surface area contributed by atoms with Crippen molar-refractivity contribution in [2.24, 2.45) is 0 Å². The SMILES string of the molecule is CC(O)CN(C)S(=O)(=O)c1ccnc(Cl)c1. The van der Waals surface area contributed by atoms with Crippen LogP contribution in [0.3, 0.4) is 0 Å². The number of rotatable bonds is 4. The highest BCUT2D eigenvalue weighted by atomic mass is 35.5. The molecule has 16 heavy (non-hydrogen) atoms. The second kappa shape index (κ2) is 5.09. The minimum Gasteiger partial charge on any atom is -0.392 e. The van der Waals surface area contributed by atoms with Crippen molar-refractivity contribution in [3.63, 3.8) is 0 Å². The minimum absolute atomic E-state index is 0.0300. The van der Waals surface area contributed by atoms with Crippen LogP contribution in [-0.2, 0) is 10.0 Å². The van der Waals surface area contributed by atoms with Crippen LogP contribution in [0.2, 0.25) is 5.15 Å². The summed E-state index contributed by atoms with van der Waals surface area (Å²) in [5, 5.41) is 9.26. The van der Waals surface area contributed by atoms with E-state index in [-0.39, 0.29) is 16.6 Å². The molecule has 0 fully saturated rings. The number of hydrogen-bond donors (Lipinski definition) is 1. The van der Waals surface area contributed by atoms with Gasteiger partial charge in [-0.05, 0) is 19.1 Å². The van der Waals surface area contributed by atoms with Gasteiger partial charge in [0.15, 0.2) is 0 Å². The van der Waals surface area contributed by atoms with Gasteiger partial charge in [-0.1, -0.05) is 11.6 Å². The van der Waals surface area contributed by atoms with Gasteiger partial charge in [0, 0.05) is 19.8 Å². The fourth-order valence-electron chi connectivity index (χ4n) is 1.20. The average molecular weight is 265 g/mol. The molecule has 0 amide bonds. The monoisotopic (exact) mass is 264 g/mol. The number of aromatic nitrogens is 1. The molecule has 0 saturated carbocycles. The van der Waals surface area contributed by atoms with E-state index in [2.05, 4.69) is 4.98 Å². The van der Waals surface area contributed by atoms with Crippen LogP contribution in [0.25, 0.3) is 0 Å². The molecule has 0 aliphatic heterocycles. The zero-order chi connectivity index (χ0) is 12.3. The first-order valence-corrected chi connectivity index (χ1v) is 6.42. The molecule has 1 N–H and O–H groups in total. The predicted octanol–water partition coefficient (Wildman–Crippen LogP) is 0.736. The quantitative estimate of drug-likeness (QED) is 0.814. The zero-order valence-corrected chi connectivity index (χ0v) is 10.5. The number of likely N-dealkylation sites (N-methyl/N-ethyl adjacent to an activating group) is 1. The molecule has 1 rings (SSSR count). The number of hydrogen-bond acceptors (Lipinski definition) is 4. The van der Waals surface area contributed by atoms with Crippen LogP contribution in [-0.4, -0.2) is 42.5 Å². The van der Waals surface area contributed by atoms with E-state index in [4.69, 9.17) is 16.7 Å². The highest BCUT2D eigenvalue weighted by Crippen LogP contribution is 2.16. The summed E-state index contributed by atoms with van der Waals surface area (Å²) < 4.78 is 25.0. The number of sulfonamides is 1. The van der Waals surface area contributed by atoms with Crippen LogP contribution < -0.4 is 0 Å². The summed E-state index contributed by atoms with van der Waals surface area (Å²) in [5.74, 6) is 0. The molecule has 0 aliphatic rings. The lowest BCUT2D eigenvalue weighted by atomic mass is 10.4. The van der Waals surface area contributed by atoms with E-state index >= 15 is 0 Å². The van der Waals surface area contributed by atoms with Crippen LogP contribution in [0, 0.1) is 0 Å². The normalized spacial score (nSPS) is 14.1. The number of pyridine rings is 1. The molecule has 1 atom stereocenters. The lowest BCUT2D eigenvalue weighted by Gasteiger charge is -2.18. The summed E-state index contributed by atoms with van der Waals surface area (Å²) in [6.07, 6.45) is 0.600. The van der Waals surface area contributed by atoms with Crippen LogP contribution in [0.1, 0.15) is 6.92 Å². The Morgan fingerprint density at radius 2 is 2.25 bits per heavy atom. The molecule has 1 unspecified atom stereocenters. The van der Waals surface area contributed by atoms with E-state index in [0.717, 1.165) is 4.31 Å². The molecule has 90 valence electrons. The van der Waals surface area contributed by atoms with Crippen molar-refractivity contribution in [2.45, 2.75) is 17.9 Å². The summed E-state index contributed by atoms with van der Waals surface area (Å²) in [6, 6.07) is 2.63. The highest BCUT2D eigenvalue weighted by Gasteiger charge is 2.22. The van der Waals surface area contributed by atoms with E-state index in [1.54, 1.807) is 0 Å². The molecule has 7 heteroatoms. The number of nitrogens with zero attached hydrogens (tertiary/aromatic N) is 2. The maximum absolute atomic E-state index is 11.9. The molecule has 0 aliphatic carbocycles. The Kier molecular flexibility index (Phi) is 4.26. The molecular weight excluding hydrogens is 252 g/mol. The number of aliphatic hydroxyl groups excluding tert-OH is 1. The third-order valence-corrected chi connectivity index (χ3v) is 3.95. The fourth-order valence-corrected chi connectivity index (χ4v) is 2.70. The van der Waals surface area contributed by atoms with Crippen LogP contribution in [0.4, 0.5) is 0 Å². The summed E-state index contributed by atoms with van der Waals surface area (Å²) in [6.45, 7) is 1.55. The Bertz CT molecular complexity index is 462. The molecule has 1 heterocycles. The number of halogens is 1. The Hall–Kier alpha value is -0.690. The van der Waals surface area contributed by atoms with Crippen molar-refractivity contribution in [1.29, 1.82) is 0 Å². The van der Waals surface area contributed by atoms with Gasteiger partial charge in [0.25, 0.3) is 0 Å². The van der Waals surface area contributed by atoms with Gasteiger partial charge in [-0.15, -0.1) is 0 Å². The maximum atomic E-state index is 11.9. The smallest absolute Gasteiger partial charge is 0.243 e. The molecule has 5 nitrogen and oxygen atoms in total. The van der Waals surface area contributed by atoms with Crippen molar-refractivity contribution < 1.29 is 13.5 Å². The van der Waals surface area contributed by atoms with E-state index in [9.17, 15) is 8.42 Å². The van der Waals surface area contributed by atoms with Crippen molar-refractivity contribution in [3.8, 4) is 0 Å². The van der Waals surface area contributed by atoms with Crippen LogP contribution in [0.15, 0.2) is 23.2 Å². The second-order valence-electron chi connectivity index (χ2n) is 3.45. The van der Waals surface area contributed by atoms with Gasteiger partial charge in [0.2, 0.25) is 10.0 Å². The maximum Gasteiger partial charge on any atom is 0.243 e. The highest BCUT2D eigenvalue weighted by molar-refractivity contribution is 7.89. The topological polar surface area (TPSA) is 70.5 Å². The molecule has 0 spiro atoms. The van der Waals surface area contributed by atoms with Gasteiger partial charge < -0.3 is 5.11 Å². The van der Waals surface area contributed by atoms with Crippen molar-refractivity contribution in [3.05, 3.63) is 23.5 Å². The summed E-state index contributed by atoms with van der Waals surface area (Å²) in [5.41, 5.74) is 0. The van der Waals surface area contributed by atoms with Gasteiger partial charge in [-0.25, -0.2) is 13.4 Å². The van der Waals surface area contributed by atoms with Crippen LogP contribution >= 0.6 is 11.6 Å². The fraction of sp³-hybridized carbons (Fsp3) is 0.444. The Balaban J connectivity index is 3.02. The number of aliphatic hydroxyl groups is 1. The molecule has 1 aromatic rings. The molecule has 0 aromatic carbocycles. The van der Waals surface area contributed by atoms with Crippen molar-refractivity contribution >= 4 is 21.6 Å². The van der Waals surface area contributed by atoms with E-state index < -0.39 is 16.1 Å². The lowest BCUT2D eigenvalue weighted by molar-refractivity contribution is 0.171. The lowest BCUT2D eigenvalue weighted by Crippen LogP contribution is -2.33. The molecule has 0 radical (unpaired) electrons. The van der Waals surface area contributed by atoms with Gasteiger partial charge in [-0.3, -0.25) is 0 Å². The van der Waals surface area contributed by atoms with Gasteiger partial charge in [0.1, 0.15) is 5.15 Å². The van der Waals surface area contributed by atoms with E-state index in [1.807, 2.05) is 0 Å².